The largest absolute Gasteiger partial charge is 0.326 e. The number of carbonyl (C=O) groups excluding carboxylic acids is 1. The molecule has 0 saturated carbocycles. The number of fused-ring (bicyclic) bond motifs is 1. The smallest absolute Gasteiger partial charge is 0.224 e. The third-order valence-electron chi connectivity index (χ3n) is 2.27. The van der Waals surface area contributed by atoms with Crippen LogP contribution in [0.5, 0.6) is 0 Å². The average Bonchev–Trinajstić information content (AvgIpc) is 2.73. The fraction of sp³-hybridized carbons (Fsp3) is 0.250. The summed E-state index contributed by atoms with van der Waals surface area (Å²) < 4.78 is 1.23. The quantitative estimate of drug-likeness (QED) is 0.824. The summed E-state index contributed by atoms with van der Waals surface area (Å²) in [6.45, 7) is 0. The number of hydrogen-bond donors (Lipinski definition) is 1. The number of carbonyl (C=O) groups is 1. The van der Waals surface area contributed by atoms with Crippen molar-refractivity contribution in [3.63, 3.8) is 0 Å². The second-order valence-corrected chi connectivity index (χ2v) is 4.84. The highest BCUT2D eigenvalue weighted by Crippen LogP contribution is 2.24. The van der Waals surface area contributed by atoms with Gasteiger partial charge in [0.15, 0.2) is 0 Å². The van der Waals surface area contributed by atoms with Crippen molar-refractivity contribution in [2.45, 2.75) is 12.8 Å². The summed E-state index contributed by atoms with van der Waals surface area (Å²) in [6, 6.07) is 7.99. The SMILES string of the molecule is O=C(CCCCl)Nc1ccc2sccc2c1. The molecule has 2 nitrogen and oxygen atoms in total. The van der Waals surface area contributed by atoms with Crippen LogP contribution in [-0.4, -0.2) is 11.8 Å². The number of rotatable bonds is 4. The molecule has 0 fully saturated rings. The Labute approximate surface area is 103 Å². The van der Waals surface area contributed by atoms with Gasteiger partial charge in [0, 0.05) is 22.7 Å². The minimum Gasteiger partial charge on any atom is -0.326 e. The van der Waals surface area contributed by atoms with Gasteiger partial charge in [0.2, 0.25) is 5.91 Å². The molecule has 0 aliphatic heterocycles. The molecule has 0 aliphatic rings. The van der Waals surface area contributed by atoms with Crippen LogP contribution in [0.15, 0.2) is 29.6 Å². The lowest BCUT2D eigenvalue weighted by molar-refractivity contribution is -0.116. The molecule has 2 aromatic rings. The fourth-order valence-electron chi connectivity index (χ4n) is 1.50. The second kappa shape index (κ2) is 5.32. The standard InChI is InChI=1S/C12H12ClNOS/c13-6-1-2-12(15)14-10-3-4-11-9(8-10)5-7-16-11/h3-5,7-8H,1-2,6H2,(H,14,15). The molecule has 0 saturated heterocycles. The molecule has 1 N–H and O–H groups in total. The van der Waals surface area contributed by atoms with Crippen molar-refractivity contribution >= 4 is 44.6 Å². The van der Waals surface area contributed by atoms with Gasteiger partial charge in [0.25, 0.3) is 0 Å². The Morgan fingerprint density at radius 1 is 1.38 bits per heavy atom. The summed E-state index contributed by atoms with van der Waals surface area (Å²) in [5, 5.41) is 6.08. The molecule has 16 heavy (non-hydrogen) atoms. The number of anilines is 1. The molecular weight excluding hydrogens is 242 g/mol. The van der Waals surface area contributed by atoms with Crippen LogP contribution in [-0.2, 0) is 4.79 Å². The first-order valence-electron chi connectivity index (χ1n) is 5.12. The van der Waals surface area contributed by atoms with Crippen molar-refractivity contribution in [2.24, 2.45) is 0 Å². The van der Waals surface area contributed by atoms with Crippen LogP contribution in [0.3, 0.4) is 0 Å². The zero-order chi connectivity index (χ0) is 11.4. The molecule has 0 aliphatic carbocycles. The van der Waals surface area contributed by atoms with Crippen LogP contribution in [0.2, 0.25) is 0 Å². The third kappa shape index (κ3) is 2.74. The second-order valence-electron chi connectivity index (χ2n) is 3.51. The number of nitrogens with one attached hydrogen (secondary N) is 1. The van der Waals surface area contributed by atoms with Crippen LogP contribution in [0.1, 0.15) is 12.8 Å². The monoisotopic (exact) mass is 253 g/mol. The molecule has 4 heteroatoms. The number of amides is 1. The predicted octanol–water partition coefficient (Wildman–Crippen LogP) is 3.86. The molecule has 0 unspecified atom stereocenters. The Bertz CT molecular complexity index is 494. The van der Waals surface area contributed by atoms with Crippen molar-refractivity contribution < 1.29 is 4.79 Å². The lowest BCUT2D eigenvalue weighted by atomic mass is 10.2. The molecule has 0 bridgehead atoms. The average molecular weight is 254 g/mol. The van der Waals surface area contributed by atoms with Crippen LogP contribution in [0.25, 0.3) is 10.1 Å². The predicted molar refractivity (Wildman–Crippen MR) is 70.4 cm³/mol. The first-order chi connectivity index (χ1) is 7.79. The van der Waals surface area contributed by atoms with E-state index in [0.29, 0.717) is 18.7 Å². The van der Waals surface area contributed by atoms with Gasteiger partial charge in [-0.2, -0.15) is 0 Å². The Kier molecular flexibility index (Phi) is 3.80. The highest BCUT2D eigenvalue weighted by atomic mass is 35.5. The van der Waals surface area contributed by atoms with Gasteiger partial charge in [-0.1, -0.05) is 0 Å². The minimum atomic E-state index is 0.0234. The Morgan fingerprint density at radius 3 is 3.06 bits per heavy atom. The van der Waals surface area contributed by atoms with Crippen molar-refractivity contribution in [3.8, 4) is 0 Å². The van der Waals surface area contributed by atoms with E-state index in [2.05, 4.69) is 11.4 Å². The molecule has 0 spiro atoms. The van der Waals surface area contributed by atoms with Gasteiger partial charge in [-0.3, -0.25) is 4.79 Å². The van der Waals surface area contributed by atoms with Gasteiger partial charge in [-0.05, 0) is 41.5 Å². The summed E-state index contributed by atoms with van der Waals surface area (Å²) in [7, 11) is 0. The molecule has 1 amide bonds. The van der Waals surface area contributed by atoms with E-state index in [1.165, 1.54) is 10.1 Å². The van der Waals surface area contributed by atoms with Crippen molar-refractivity contribution in [3.05, 3.63) is 29.6 Å². The summed E-state index contributed by atoms with van der Waals surface area (Å²) in [5.74, 6) is 0.548. The molecular formula is C12H12ClNOS. The summed E-state index contributed by atoms with van der Waals surface area (Å²) >= 11 is 7.23. The molecule has 84 valence electrons. The van der Waals surface area contributed by atoms with Crippen LogP contribution < -0.4 is 5.32 Å². The van der Waals surface area contributed by atoms with E-state index in [4.69, 9.17) is 11.6 Å². The molecule has 0 atom stereocenters. The van der Waals surface area contributed by atoms with Gasteiger partial charge in [0.1, 0.15) is 0 Å². The Hall–Kier alpha value is -1.06. The van der Waals surface area contributed by atoms with Crippen molar-refractivity contribution in [1.82, 2.24) is 0 Å². The van der Waals surface area contributed by atoms with Gasteiger partial charge in [0.05, 0.1) is 0 Å². The number of alkyl halides is 1. The molecule has 1 aromatic heterocycles. The van der Waals surface area contributed by atoms with Gasteiger partial charge in [-0.25, -0.2) is 0 Å². The summed E-state index contributed by atoms with van der Waals surface area (Å²) in [6.07, 6.45) is 1.19. The van der Waals surface area contributed by atoms with E-state index >= 15 is 0 Å². The maximum atomic E-state index is 11.5. The Balaban J connectivity index is 2.06. The summed E-state index contributed by atoms with van der Waals surface area (Å²) in [5.41, 5.74) is 0.852. The fourth-order valence-corrected chi connectivity index (χ4v) is 2.40. The van der Waals surface area contributed by atoms with E-state index in [1.54, 1.807) is 11.3 Å². The molecule has 2 rings (SSSR count). The first-order valence-corrected chi connectivity index (χ1v) is 6.54. The third-order valence-corrected chi connectivity index (χ3v) is 3.44. The first kappa shape index (κ1) is 11.4. The Morgan fingerprint density at radius 2 is 2.25 bits per heavy atom. The van der Waals surface area contributed by atoms with E-state index < -0.39 is 0 Å². The van der Waals surface area contributed by atoms with Gasteiger partial charge >= 0.3 is 0 Å². The van der Waals surface area contributed by atoms with E-state index in [1.807, 2.05) is 23.6 Å². The lowest BCUT2D eigenvalue weighted by Gasteiger charge is -2.04. The topological polar surface area (TPSA) is 29.1 Å². The summed E-state index contributed by atoms with van der Waals surface area (Å²) in [4.78, 5) is 11.5. The molecule has 0 radical (unpaired) electrons. The van der Waals surface area contributed by atoms with E-state index in [9.17, 15) is 4.79 Å². The zero-order valence-electron chi connectivity index (χ0n) is 8.70. The number of benzene rings is 1. The normalized spacial score (nSPS) is 10.6. The maximum absolute atomic E-state index is 11.5. The van der Waals surface area contributed by atoms with Crippen LogP contribution in [0, 0.1) is 0 Å². The van der Waals surface area contributed by atoms with Gasteiger partial charge < -0.3 is 5.32 Å². The molecule has 1 heterocycles. The van der Waals surface area contributed by atoms with Gasteiger partial charge in [-0.15, -0.1) is 22.9 Å². The minimum absolute atomic E-state index is 0.0234. The number of hydrogen-bond acceptors (Lipinski definition) is 2. The van der Waals surface area contributed by atoms with E-state index in [0.717, 1.165) is 5.69 Å². The molecule has 1 aromatic carbocycles. The van der Waals surface area contributed by atoms with Crippen molar-refractivity contribution in [1.29, 1.82) is 0 Å². The number of halogens is 1. The van der Waals surface area contributed by atoms with Crippen LogP contribution in [0.4, 0.5) is 5.69 Å². The maximum Gasteiger partial charge on any atom is 0.224 e. The van der Waals surface area contributed by atoms with E-state index in [-0.39, 0.29) is 5.91 Å². The lowest BCUT2D eigenvalue weighted by Crippen LogP contribution is -2.11. The van der Waals surface area contributed by atoms with Crippen molar-refractivity contribution in [2.75, 3.05) is 11.2 Å². The highest BCUT2D eigenvalue weighted by Gasteiger charge is 2.02. The number of thiophene rings is 1. The zero-order valence-corrected chi connectivity index (χ0v) is 10.3. The van der Waals surface area contributed by atoms with Crippen LogP contribution >= 0.6 is 22.9 Å². The highest BCUT2D eigenvalue weighted by molar-refractivity contribution is 7.17.